The van der Waals surface area contributed by atoms with Crippen molar-refractivity contribution in [1.82, 2.24) is 10.2 Å². The molecule has 0 saturated carbocycles. The summed E-state index contributed by atoms with van der Waals surface area (Å²) in [5.41, 5.74) is 1.66. The van der Waals surface area contributed by atoms with Gasteiger partial charge in [-0.25, -0.2) is 4.79 Å². The van der Waals surface area contributed by atoms with E-state index < -0.39 is 0 Å². The highest BCUT2D eigenvalue weighted by molar-refractivity contribution is 5.93. The Balaban J connectivity index is 1.98. The van der Waals surface area contributed by atoms with Gasteiger partial charge in [-0.3, -0.25) is 4.79 Å². The summed E-state index contributed by atoms with van der Waals surface area (Å²) >= 11 is 0. The molecule has 2 aromatic rings. The molecule has 0 radical (unpaired) electrons. The number of carbonyl (C=O) groups excluding carboxylic acids is 2. The van der Waals surface area contributed by atoms with E-state index in [9.17, 15) is 9.59 Å². The first-order valence-electron chi connectivity index (χ1n) is 9.19. The summed E-state index contributed by atoms with van der Waals surface area (Å²) in [4.78, 5) is 25.7. The zero-order valence-corrected chi connectivity index (χ0v) is 17.4. The lowest BCUT2D eigenvalue weighted by atomic mass is 10.1. The van der Waals surface area contributed by atoms with E-state index in [4.69, 9.17) is 10.00 Å². The molecule has 0 spiro atoms. The van der Waals surface area contributed by atoms with Crippen LogP contribution in [0.15, 0.2) is 42.5 Å². The number of rotatable bonds is 5. The van der Waals surface area contributed by atoms with Gasteiger partial charge in [0.1, 0.15) is 18.0 Å². The molecule has 0 saturated heterocycles. The van der Waals surface area contributed by atoms with Crippen LogP contribution in [-0.4, -0.2) is 36.0 Å². The van der Waals surface area contributed by atoms with E-state index >= 15 is 0 Å². The first-order chi connectivity index (χ1) is 13.6. The molecule has 0 aromatic heterocycles. The number of nitrogens with zero attached hydrogens (tertiary/aromatic N) is 2. The maximum absolute atomic E-state index is 12.4. The number of carbonyl (C=O) groups is 2. The van der Waals surface area contributed by atoms with E-state index in [2.05, 4.69) is 16.7 Å². The summed E-state index contributed by atoms with van der Waals surface area (Å²) < 4.78 is 5.78. The molecule has 2 N–H and O–H groups in total. The highest BCUT2D eigenvalue weighted by Crippen LogP contribution is 2.26. The standard InChI is InChI=1S/C22H26N4O3/c1-15-12-18(29-17-8-6-16(13-23)7-9-17)10-11-19(15)24-21(28)26(5)14-20(27)25-22(2,3)4/h6-12H,14H2,1-5H3,(H,24,28)(H,25,27). The number of ether oxygens (including phenoxy) is 1. The molecule has 0 bridgehead atoms. The number of nitrogens with one attached hydrogen (secondary N) is 2. The Kier molecular flexibility index (Phi) is 6.84. The average molecular weight is 394 g/mol. The lowest BCUT2D eigenvalue weighted by molar-refractivity contribution is -0.122. The summed E-state index contributed by atoms with van der Waals surface area (Å²) in [6, 6.07) is 13.8. The number of benzene rings is 2. The number of urea groups is 1. The number of aryl methyl sites for hydroxylation is 1. The maximum atomic E-state index is 12.4. The van der Waals surface area contributed by atoms with Gasteiger partial charge in [-0.15, -0.1) is 0 Å². The Morgan fingerprint density at radius 1 is 1.10 bits per heavy atom. The minimum absolute atomic E-state index is 0.0396. The molecule has 0 fully saturated rings. The fourth-order valence-electron chi connectivity index (χ4n) is 2.53. The molecule has 7 nitrogen and oxygen atoms in total. The molecule has 0 unspecified atom stereocenters. The number of nitriles is 1. The predicted octanol–water partition coefficient (Wildman–Crippen LogP) is 4.04. The summed E-state index contributed by atoms with van der Waals surface area (Å²) in [5.74, 6) is 1.01. The van der Waals surface area contributed by atoms with Gasteiger partial charge < -0.3 is 20.3 Å². The largest absolute Gasteiger partial charge is 0.457 e. The maximum Gasteiger partial charge on any atom is 0.322 e. The van der Waals surface area contributed by atoms with E-state index in [-0.39, 0.29) is 24.0 Å². The Bertz CT molecular complexity index is 925. The number of hydrogen-bond acceptors (Lipinski definition) is 4. The SMILES string of the molecule is Cc1cc(Oc2ccc(C#N)cc2)ccc1NC(=O)N(C)CC(=O)NC(C)(C)C. The predicted molar refractivity (Wildman–Crippen MR) is 112 cm³/mol. The molecule has 152 valence electrons. The van der Waals surface area contributed by atoms with Crippen molar-refractivity contribution in [3.05, 3.63) is 53.6 Å². The molecule has 2 aromatic carbocycles. The van der Waals surface area contributed by atoms with Crippen LogP contribution in [0.3, 0.4) is 0 Å². The first kappa shape index (κ1) is 21.8. The molecule has 0 heterocycles. The highest BCUT2D eigenvalue weighted by Gasteiger charge is 2.18. The van der Waals surface area contributed by atoms with Gasteiger partial charge in [-0.05, 0) is 75.7 Å². The summed E-state index contributed by atoms with van der Waals surface area (Å²) in [6.45, 7) is 7.47. The Labute approximate surface area is 171 Å². The Hall–Kier alpha value is -3.53. The van der Waals surface area contributed by atoms with Crippen LogP contribution in [0, 0.1) is 18.3 Å². The van der Waals surface area contributed by atoms with E-state index in [1.165, 1.54) is 4.90 Å². The Morgan fingerprint density at radius 3 is 2.28 bits per heavy atom. The van der Waals surface area contributed by atoms with Crippen molar-refractivity contribution >= 4 is 17.6 Å². The van der Waals surface area contributed by atoms with Crippen molar-refractivity contribution in [3.63, 3.8) is 0 Å². The van der Waals surface area contributed by atoms with Gasteiger partial charge in [-0.1, -0.05) is 0 Å². The molecule has 29 heavy (non-hydrogen) atoms. The smallest absolute Gasteiger partial charge is 0.322 e. The van der Waals surface area contributed by atoms with Crippen LogP contribution in [0.5, 0.6) is 11.5 Å². The third kappa shape index (κ3) is 6.85. The normalized spacial score (nSPS) is 10.6. The topological polar surface area (TPSA) is 94.5 Å². The van der Waals surface area contributed by atoms with Crippen molar-refractivity contribution in [2.24, 2.45) is 0 Å². The number of amides is 3. The van der Waals surface area contributed by atoms with Crippen molar-refractivity contribution in [1.29, 1.82) is 5.26 Å². The molecule has 2 rings (SSSR count). The highest BCUT2D eigenvalue weighted by atomic mass is 16.5. The van der Waals surface area contributed by atoms with Gasteiger partial charge in [-0.2, -0.15) is 5.26 Å². The van der Waals surface area contributed by atoms with E-state index in [1.807, 2.05) is 27.7 Å². The second kappa shape index (κ2) is 9.11. The van der Waals surface area contributed by atoms with Crippen LogP contribution in [0.2, 0.25) is 0 Å². The zero-order valence-electron chi connectivity index (χ0n) is 17.4. The van der Waals surface area contributed by atoms with Crippen molar-refractivity contribution in [3.8, 4) is 17.6 Å². The zero-order chi connectivity index (χ0) is 21.6. The molecule has 0 aliphatic rings. The summed E-state index contributed by atoms with van der Waals surface area (Å²) in [5, 5.41) is 14.5. The first-order valence-corrected chi connectivity index (χ1v) is 9.19. The minimum atomic E-state index is -0.377. The second-order valence-electron chi connectivity index (χ2n) is 7.80. The molecule has 0 atom stereocenters. The van der Waals surface area contributed by atoms with Gasteiger partial charge in [0.25, 0.3) is 0 Å². The van der Waals surface area contributed by atoms with Crippen LogP contribution in [-0.2, 0) is 4.79 Å². The van der Waals surface area contributed by atoms with Gasteiger partial charge in [0, 0.05) is 18.3 Å². The Morgan fingerprint density at radius 2 is 1.72 bits per heavy atom. The quantitative estimate of drug-likeness (QED) is 0.800. The van der Waals surface area contributed by atoms with Crippen LogP contribution in [0.4, 0.5) is 10.5 Å². The number of hydrogen-bond donors (Lipinski definition) is 2. The molecule has 7 heteroatoms. The van der Waals surface area contributed by atoms with Crippen molar-refractivity contribution in [2.45, 2.75) is 33.2 Å². The summed E-state index contributed by atoms with van der Waals surface area (Å²) in [7, 11) is 1.56. The average Bonchev–Trinajstić information content (AvgIpc) is 2.62. The lowest BCUT2D eigenvalue weighted by Crippen LogP contribution is -2.47. The third-order valence-electron chi connectivity index (χ3n) is 3.90. The van der Waals surface area contributed by atoms with E-state index in [0.717, 1.165) is 5.56 Å². The summed E-state index contributed by atoms with van der Waals surface area (Å²) in [6.07, 6.45) is 0. The van der Waals surface area contributed by atoms with Crippen LogP contribution >= 0.6 is 0 Å². The third-order valence-corrected chi connectivity index (χ3v) is 3.90. The molecule has 0 aliphatic carbocycles. The number of likely N-dealkylation sites (N-methyl/N-ethyl adjacent to an activating group) is 1. The molecular weight excluding hydrogens is 368 g/mol. The van der Waals surface area contributed by atoms with Gasteiger partial charge in [0.05, 0.1) is 11.6 Å². The van der Waals surface area contributed by atoms with Crippen LogP contribution in [0.1, 0.15) is 31.9 Å². The van der Waals surface area contributed by atoms with Crippen molar-refractivity contribution in [2.75, 3.05) is 18.9 Å². The molecular formula is C22H26N4O3. The fraction of sp³-hybridized carbons (Fsp3) is 0.318. The van der Waals surface area contributed by atoms with Crippen LogP contribution < -0.4 is 15.4 Å². The van der Waals surface area contributed by atoms with Gasteiger partial charge >= 0.3 is 6.03 Å². The fourth-order valence-corrected chi connectivity index (χ4v) is 2.53. The second-order valence-corrected chi connectivity index (χ2v) is 7.80. The molecule has 3 amide bonds. The van der Waals surface area contributed by atoms with Gasteiger partial charge in [0.2, 0.25) is 5.91 Å². The van der Waals surface area contributed by atoms with E-state index in [0.29, 0.717) is 22.7 Å². The van der Waals surface area contributed by atoms with Gasteiger partial charge in [0.15, 0.2) is 0 Å². The van der Waals surface area contributed by atoms with Crippen LogP contribution in [0.25, 0.3) is 0 Å². The lowest BCUT2D eigenvalue weighted by Gasteiger charge is -2.23. The monoisotopic (exact) mass is 394 g/mol. The molecule has 0 aliphatic heterocycles. The number of anilines is 1. The van der Waals surface area contributed by atoms with Crippen molar-refractivity contribution < 1.29 is 14.3 Å². The van der Waals surface area contributed by atoms with E-state index in [1.54, 1.807) is 49.5 Å². The minimum Gasteiger partial charge on any atom is -0.457 e.